The lowest BCUT2D eigenvalue weighted by Gasteiger charge is -2.16. The van der Waals surface area contributed by atoms with Crippen LogP contribution in [0.2, 0.25) is 0 Å². The Labute approximate surface area is 235 Å². The molecule has 5 rings (SSSR count). The Hall–Kier alpha value is -4.59. The largest absolute Gasteiger partial charge is 0.573 e. The maximum Gasteiger partial charge on any atom is 0.573 e. The Morgan fingerprint density at radius 2 is 1.55 bits per heavy atom. The lowest BCUT2D eigenvalue weighted by Crippen LogP contribution is -2.17. The third-order valence-electron chi connectivity index (χ3n) is 6.26. The molecule has 0 saturated heterocycles. The summed E-state index contributed by atoms with van der Waals surface area (Å²) in [5.74, 6) is -0.391. The standard InChI is InChI=1S/C28H20F6N4O3S/c1-17-36-26(27(29,30)31)16-37(17)24-11-6-19(18-4-3-5-22(14-18)42(2,39)40)15-23(24)25-12-13-35-38(25)20-7-9-21(10-8-20)41-28(32,33)34/h3-16H,1-2H3. The number of aryl methyl sites for hydroxylation is 1. The Morgan fingerprint density at radius 1 is 0.857 bits per heavy atom. The second-order valence-electron chi connectivity index (χ2n) is 9.24. The molecule has 0 unspecified atom stereocenters. The minimum atomic E-state index is -4.87. The molecule has 5 aromatic rings. The number of alkyl halides is 6. The zero-order valence-electron chi connectivity index (χ0n) is 21.8. The minimum Gasteiger partial charge on any atom is -0.406 e. The monoisotopic (exact) mass is 606 g/mol. The molecule has 0 aliphatic heterocycles. The number of ether oxygens (including phenoxy) is 1. The molecular weight excluding hydrogens is 586 g/mol. The van der Waals surface area contributed by atoms with Crippen molar-refractivity contribution in [3.63, 3.8) is 0 Å². The first kappa shape index (κ1) is 28.9. The van der Waals surface area contributed by atoms with Crippen LogP contribution in [-0.2, 0) is 16.0 Å². The molecule has 0 saturated carbocycles. The zero-order valence-corrected chi connectivity index (χ0v) is 22.6. The number of aromatic nitrogens is 4. The highest BCUT2D eigenvalue weighted by atomic mass is 32.2. The summed E-state index contributed by atoms with van der Waals surface area (Å²) in [4.78, 5) is 3.74. The molecule has 0 aliphatic rings. The fourth-order valence-electron chi connectivity index (χ4n) is 4.39. The molecule has 2 heterocycles. The fourth-order valence-corrected chi connectivity index (χ4v) is 5.06. The molecule has 0 spiro atoms. The maximum atomic E-state index is 13.5. The topological polar surface area (TPSA) is 79.0 Å². The first-order chi connectivity index (χ1) is 19.6. The minimum absolute atomic E-state index is 0.0510. The van der Waals surface area contributed by atoms with Gasteiger partial charge in [0, 0.05) is 18.0 Å². The van der Waals surface area contributed by atoms with Crippen molar-refractivity contribution in [1.82, 2.24) is 19.3 Å². The Balaban J connectivity index is 1.69. The van der Waals surface area contributed by atoms with Gasteiger partial charge < -0.3 is 9.30 Å². The van der Waals surface area contributed by atoms with Crippen molar-refractivity contribution in [3.05, 3.63) is 96.7 Å². The lowest BCUT2D eigenvalue weighted by atomic mass is 9.99. The number of hydrogen-bond donors (Lipinski definition) is 0. The van der Waals surface area contributed by atoms with Gasteiger partial charge in [-0.1, -0.05) is 18.2 Å². The lowest BCUT2D eigenvalue weighted by molar-refractivity contribution is -0.274. The van der Waals surface area contributed by atoms with Crippen molar-refractivity contribution < 1.29 is 39.5 Å². The van der Waals surface area contributed by atoms with Gasteiger partial charge in [-0.15, -0.1) is 13.2 Å². The molecular formula is C28H20F6N4O3S. The number of imidazole rings is 1. The summed E-state index contributed by atoms with van der Waals surface area (Å²) in [6, 6.07) is 17.6. The van der Waals surface area contributed by atoms with Crippen LogP contribution >= 0.6 is 0 Å². The summed E-state index contributed by atoms with van der Waals surface area (Å²) < 4.78 is 109. The summed E-state index contributed by atoms with van der Waals surface area (Å²) in [6.45, 7) is 1.42. The number of halogens is 6. The van der Waals surface area contributed by atoms with Crippen molar-refractivity contribution in [2.75, 3.05) is 6.26 Å². The zero-order chi connectivity index (χ0) is 30.4. The smallest absolute Gasteiger partial charge is 0.406 e. The fraction of sp³-hybridized carbons (Fsp3) is 0.143. The van der Waals surface area contributed by atoms with E-state index in [-0.39, 0.29) is 10.7 Å². The van der Waals surface area contributed by atoms with Crippen LogP contribution in [0.4, 0.5) is 26.3 Å². The van der Waals surface area contributed by atoms with Gasteiger partial charge in [0.25, 0.3) is 0 Å². The van der Waals surface area contributed by atoms with E-state index in [1.807, 2.05) is 0 Å². The van der Waals surface area contributed by atoms with Crippen LogP contribution < -0.4 is 4.74 Å². The SMILES string of the molecule is Cc1nc(C(F)(F)F)cn1-c1ccc(-c2cccc(S(C)(=O)=O)c2)cc1-c1ccnn1-c1ccc(OC(F)(F)F)cc1. The van der Waals surface area contributed by atoms with Gasteiger partial charge in [-0.2, -0.15) is 18.3 Å². The van der Waals surface area contributed by atoms with Gasteiger partial charge in [0.15, 0.2) is 15.5 Å². The molecule has 7 nitrogen and oxygen atoms in total. The summed E-state index contributed by atoms with van der Waals surface area (Å²) in [5, 5.41) is 4.29. The maximum absolute atomic E-state index is 13.5. The number of nitrogens with zero attached hydrogens (tertiary/aromatic N) is 4. The number of rotatable bonds is 6. The number of sulfone groups is 1. The molecule has 218 valence electrons. The van der Waals surface area contributed by atoms with Crippen LogP contribution in [0.15, 0.2) is 90.1 Å². The highest BCUT2D eigenvalue weighted by Crippen LogP contribution is 2.36. The third kappa shape index (κ3) is 6.03. The van der Waals surface area contributed by atoms with E-state index in [2.05, 4.69) is 14.8 Å². The molecule has 0 amide bonds. The van der Waals surface area contributed by atoms with Gasteiger partial charge in [-0.05, 0) is 72.6 Å². The van der Waals surface area contributed by atoms with Gasteiger partial charge in [0.1, 0.15) is 11.6 Å². The van der Waals surface area contributed by atoms with Crippen LogP contribution in [-0.4, -0.2) is 40.4 Å². The van der Waals surface area contributed by atoms with Gasteiger partial charge in [0.05, 0.1) is 28.2 Å². The summed E-state index contributed by atoms with van der Waals surface area (Å²) in [5.41, 5.74) is 1.41. The summed E-state index contributed by atoms with van der Waals surface area (Å²) in [6.07, 6.45) is -6.20. The van der Waals surface area contributed by atoms with Crippen molar-refractivity contribution in [2.24, 2.45) is 0 Å². The van der Waals surface area contributed by atoms with Crippen LogP contribution in [0.1, 0.15) is 11.5 Å². The van der Waals surface area contributed by atoms with Crippen LogP contribution in [0.5, 0.6) is 5.75 Å². The number of benzene rings is 3. The van der Waals surface area contributed by atoms with E-state index >= 15 is 0 Å². The molecule has 0 radical (unpaired) electrons. The van der Waals surface area contributed by atoms with E-state index in [9.17, 15) is 34.8 Å². The number of hydrogen-bond acceptors (Lipinski definition) is 5. The Morgan fingerprint density at radius 3 is 2.17 bits per heavy atom. The molecule has 42 heavy (non-hydrogen) atoms. The quantitative estimate of drug-likeness (QED) is 0.194. The predicted molar refractivity (Wildman–Crippen MR) is 141 cm³/mol. The van der Waals surface area contributed by atoms with Gasteiger partial charge >= 0.3 is 12.5 Å². The highest BCUT2D eigenvalue weighted by Gasteiger charge is 2.35. The van der Waals surface area contributed by atoms with E-state index in [0.717, 1.165) is 24.6 Å². The molecule has 3 aromatic carbocycles. The second kappa shape index (κ2) is 10.4. The molecule has 0 atom stereocenters. The van der Waals surface area contributed by atoms with E-state index < -0.39 is 33.8 Å². The van der Waals surface area contributed by atoms with Crippen molar-refractivity contribution >= 4 is 9.84 Å². The molecule has 14 heteroatoms. The van der Waals surface area contributed by atoms with Crippen LogP contribution in [0.3, 0.4) is 0 Å². The average Bonchev–Trinajstić information content (AvgIpc) is 3.54. The van der Waals surface area contributed by atoms with E-state index in [1.165, 1.54) is 46.6 Å². The first-order valence-electron chi connectivity index (χ1n) is 12.1. The van der Waals surface area contributed by atoms with Gasteiger partial charge in [0.2, 0.25) is 0 Å². The molecule has 0 fully saturated rings. The van der Waals surface area contributed by atoms with Crippen molar-refractivity contribution in [1.29, 1.82) is 0 Å². The molecule has 0 N–H and O–H groups in total. The molecule has 0 aliphatic carbocycles. The van der Waals surface area contributed by atoms with Gasteiger partial charge in [-0.3, -0.25) is 0 Å². The molecule has 2 aromatic heterocycles. The van der Waals surface area contributed by atoms with Crippen LogP contribution in [0.25, 0.3) is 33.8 Å². The summed E-state index contributed by atoms with van der Waals surface area (Å²) in [7, 11) is -3.53. The van der Waals surface area contributed by atoms with Crippen molar-refractivity contribution in [2.45, 2.75) is 24.4 Å². The predicted octanol–water partition coefficient (Wildman–Crippen LogP) is 7.02. The molecule has 0 bridgehead atoms. The van der Waals surface area contributed by atoms with E-state index in [4.69, 9.17) is 0 Å². The van der Waals surface area contributed by atoms with Crippen LogP contribution in [0, 0.1) is 6.92 Å². The normalized spacial score (nSPS) is 12.5. The van der Waals surface area contributed by atoms with Gasteiger partial charge in [-0.25, -0.2) is 18.1 Å². The second-order valence-corrected chi connectivity index (χ2v) is 11.3. The average molecular weight is 607 g/mol. The highest BCUT2D eigenvalue weighted by molar-refractivity contribution is 7.90. The van der Waals surface area contributed by atoms with E-state index in [1.54, 1.807) is 36.4 Å². The first-order valence-corrected chi connectivity index (χ1v) is 14.0. The Kier molecular flexibility index (Phi) is 7.13. The van der Waals surface area contributed by atoms with Crippen molar-refractivity contribution in [3.8, 4) is 39.5 Å². The Bertz CT molecular complexity index is 1870. The summed E-state index contributed by atoms with van der Waals surface area (Å²) >= 11 is 0. The third-order valence-corrected chi connectivity index (χ3v) is 7.37. The van der Waals surface area contributed by atoms with E-state index in [0.29, 0.717) is 33.8 Å².